The first-order valence-corrected chi connectivity index (χ1v) is 8.40. The monoisotopic (exact) mass is 342 g/mol. The van der Waals surface area contributed by atoms with Crippen molar-refractivity contribution in [1.82, 2.24) is 20.3 Å². The highest BCUT2D eigenvalue weighted by Gasteiger charge is 2.22. The third kappa shape index (κ3) is 4.79. The van der Waals surface area contributed by atoms with E-state index in [9.17, 15) is 9.59 Å². The van der Waals surface area contributed by atoms with Gasteiger partial charge in [-0.2, -0.15) is 4.98 Å². The molecule has 132 valence electrons. The zero-order valence-corrected chi connectivity index (χ0v) is 13.9. The van der Waals surface area contributed by atoms with Crippen LogP contribution in [0.4, 0.5) is 11.8 Å². The maximum atomic E-state index is 12.1. The number of aromatic amines is 1. The highest BCUT2D eigenvalue weighted by atomic mass is 16.1. The number of nitrogens with two attached hydrogens (primary N) is 1. The van der Waals surface area contributed by atoms with Crippen LogP contribution in [0.2, 0.25) is 0 Å². The Bertz CT molecular complexity index is 768. The van der Waals surface area contributed by atoms with E-state index >= 15 is 0 Å². The highest BCUT2D eigenvalue weighted by Crippen LogP contribution is 2.17. The van der Waals surface area contributed by atoms with E-state index in [1.165, 1.54) is 6.07 Å². The van der Waals surface area contributed by atoms with Crippen LogP contribution in [0.5, 0.6) is 0 Å². The van der Waals surface area contributed by atoms with Crippen molar-refractivity contribution in [1.29, 1.82) is 0 Å². The lowest BCUT2D eigenvalue weighted by Crippen LogP contribution is -2.45. The molecule has 0 spiro atoms. The molecule has 3 rings (SSSR count). The van der Waals surface area contributed by atoms with E-state index in [-0.39, 0.29) is 23.5 Å². The van der Waals surface area contributed by atoms with Gasteiger partial charge < -0.3 is 16.0 Å². The SMILES string of the molecule is Nc1nc(N2CCC(NC(=O)CCc3cccnc3)CC2)cc(=O)[nH]1. The minimum absolute atomic E-state index is 0.0563. The Morgan fingerprint density at radius 2 is 2.20 bits per heavy atom. The molecule has 3 heterocycles. The van der Waals surface area contributed by atoms with Crippen LogP contribution in [0.3, 0.4) is 0 Å². The predicted octanol–water partition coefficient (Wildman–Crippen LogP) is 0.465. The molecule has 0 saturated carbocycles. The molecule has 25 heavy (non-hydrogen) atoms. The van der Waals surface area contributed by atoms with Gasteiger partial charge in [0.1, 0.15) is 5.82 Å². The molecule has 1 aliphatic rings. The van der Waals surface area contributed by atoms with Gasteiger partial charge in [0.15, 0.2) is 0 Å². The van der Waals surface area contributed by atoms with E-state index in [0.29, 0.717) is 18.7 Å². The molecule has 1 aliphatic heterocycles. The fraction of sp³-hybridized carbons (Fsp3) is 0.412. The summed E-state index contributed by atoms with van der Waals surface area (Å²) < 4.78 is 0. The number of nitrogens with zero attached hydrogens (tertiary/aromatic N) is 3. The van der Waals surface area contributed by atoms with Crippen LogP contribution in [0.1, 0.15) is 24.8 Å². The van der Waals surface area contributed by atoms with Crippen LogP contribution >= 0.6 is 0 Å². The number of aryl methyl sites for hydroxylation is 1. The molecule has 2 aromatic heterocycles. The molecular weight excluding hydrogens is 320 g/mol. The number of nitrogen functional groups attached to an aromatic ring is 1. The number of piperidine rings is 1. The van der Waals surface area contributed by atoms with E-state index < -0.39 is 0 Å². The molecule has 0 radical (unpaired) electrons. The Labute approximate surface area is 145 Å². The molecule has 2 aromatic rings. The molecule has 0 atom stereocenters. The van der Waals surface area contributed by atoms with Crippen LogP contribution in [-0.2, 0) is 11.2 Å². The number of nitrogens with one attached hydrogen (secondary N) is 2. The second kappa shape index (κ2) is 7.78. The molecule has 0 unspecified atom stereocenters. The number of amides is 1. The van der Waals surface area contributed by atoms with E-state index in [4.69, 9.17) is 5.73 Å². The first-order chi connectivity index (χ1) is 12.1. The Hall–Kier alpha value is -2.90. The van der Waals surface area contributed by atoms with Crippen LogP contribution in [0.25, 0.3) is 0 Å². The molecule has 8 heteroatoms. The number of aromatic nitrogens is 3. The molecule has 1 amide bonds. The second-order valence-corrected chi connectivity index (χ2v) is 6.18. The summed E-state index contributed by atoms with van der Waals surface area (Å²) in [6.45, 7) is 1.45. The molecule has 8 nitrogen and oxygen atoms in total. The fourth-order valence-electron chi connectivity index (χ4n) is 2.98. The molecule has 1 saturated heterocycles. The minimum Gasteiger partial charge on any atom is -0.369 e. The molecule has 1 fully saturated rings. The molecular formula is C17H22N6O2. The summed E-state index contributed by atoms with van der Waals surface area (Å²) >= 11 is 0. The first-order valence-electron chi connectivity index (χ1n) is 8.40. The summed E-state index contributed by atoms with van der Waals surface area (Å²) in [6.07, 6.45) is 6.28. The Morgan fingerprint density at radius 3 is 2.88 bits per heavy atom. The smallest absolute Gasteiger partial charge is 0.254 e. The van der Waals surface area contributed by atoms with E-state index in [2.05, 4.69) is 20.3 Å². The van der Waals surface area contributed by atoms with Crippen LogP contribution in [0.15, 0.2) is 35.4 Å². The number of carbonyl (C=O) groups excluding carboxylic acids is 1. The first kappa shape index (κ1) is 16.9. The number of hydrogen-bond donors (Lipinski definition) is 3. The van der Waals surface area contributed by atoms with E-state index in [0.717, 1.165) is 31.5 Å². The van der Waals surface area contributed by atoms with Gasteiger partial charge in [-0.05, 0) is 30.9 Å². The summed E-state index contributed by atoms with van der Waals surface area (Å²) in [5, 5.41) is 3.08. The normalized spacial score (nSPS) is 15.1. The van der Waals surface area contributed by atoms with Gasteiger partial charge in [0.05, 0.1) is 0 Å². The number of anilines is 2. The van der Waals surface area contributed by atoms with Gasteiger partial charge in [-0.1, -0.05) is 6.07 Å². The van der Waals surface area contributed by atoms with Crippen molar-refractivity contribution >= 4 is 17.7 Å². The lowest BCUT2D eigenvalue weighted by molar-refractivity contribution is -0.121. The topological polar surface area (TPSA) is 117 Å². The van der Waals surface area contributed by atoms with E-state index in [1.54, 1.807) is 12.4 Å². The molecule has 0 bridgehead atoms. The maximum absolute atomic E-state index is 12.1. The lowest BCUT2D eigenvalue weighted by Gasteiger charge is -2.33. The largest absolute Gasteiger partial charge is 0.369 e. The summed E-state index contributed by atoms with van der Waals surface area (Å²) in [4.78, 5) is 36.3. The Morgan fingerprint density at radius 1 is 1.40 bits per heavy atom. The van der Waals surface area contributed by atoms with Gasteiger partial charge in [-0.3, -0.25) is 19.6 Å². The maximum Gasteiger partial charge on any atom is 0.254 e. The zero-order chi connectivity index (χ0) is 17.6. The van der Waals surface area contributed by atoms with Crippen LogP contribution < -0.4 is 21.5 Å². The standard InChI is InChI=1S/C17H22N6O2/c18-17-21-14(10-16(25)22-17)23-8-5-13(6-9-23)20-15(24)4-3-12-2-1-7-19-11-12/h1-2,7,10-11,13H,3-6,8-9H2,(H,20,24)(H3,18,21,22,25). The summed E-state index contributed by atoms with van der Waals surface area (Å²) in [5.41, 5.74) is 6.39. The van der Waals surface area contributed by atoms with Crippen molar-refractivity contribution < 1.29 is 4.79 Å². The summed E-state index contributed by atoms with van der Waals surface area (Å²) in [5.74, 6) is 0.761. The van der Waals surface area contributed by atoms with Gasteiger partial charge in [-0.25, -0.2) is 0 Å². The fourth-order valence-corrected chi connectivity index (χ4v) is 2.98. The van der Waals surface area contributed by atoms with Crippen LogP contribution in [-0.4, -0.2) is 40.0 Å². The quantitative estimate of drug-likeness (QED) is 0.727. The third-order valence-corrected chi connectivity index (χ3v) is 4.29. The predicted molar refractivity (Wildman–Crippen MR) is 95.2 cm³/mol. The number of pyridine rings is 1. The summed E-state index contributed by atoms with van der Waals surface area (Å²) in [7, 11) is 0. The molecule has 0 aromatic carbocycles. The van der Waals surface area contributed by atoms with Crippen molar-refractivity contribution in [3.05, 3.63) is 46.5 Å². The molecule has 4 N–H and O–H groups in total. The van der Waals surface area contributed by atoms with Crippen molar-refractivity contribution in [3.63, 3.8) is 0 Å². The van der Waals surface area contributed by atoms with Crippen LogP contribution in [0, 0.1) is 0 Å². The van der Waals surface area contributed by atoms with Gasteiger partial charge in [-0.15, -0.1) is 0 Å². The van der Waals surface area contributed by atoms with Gasteiger partial charge in [0.25, 0.3) is 5.56 Å². The van der Waals surface area contributed by atoms with Gasteiger partial charge in [0, 0.05) is 44.0 Å². The number of rotatable bonds is 5. The summed E-state index contributed by atoms with van der Waals surface area (Å²) in [6, 6.07) is 5.44. The van der Waals surface area contributed by atoms with Crippen molar-refractivity contribution in [3.8, 4) is 0 Å². The van der Waals surface area contributed by atoms with Gasteiger partial charge >= 0.3 is 0 Å². The zero-order valence-electron chi connectivity index (χ0n) is 13.9. The van der Waals surface area contributed by atoms with Crippen molar-refractivity contribution in [2.24, 2.45) is 0 Å². The third-order valence-electron chi connectivity index (χ3n) is 4.29. The van der Waals surface area contributed by atoms with Crippen molar-refractivity contribution in [2.45, 2.75) is 31.7 Å². The minimum atomic E-state index is -0.256. The Kier molecular flexibility index (Phi) is 5.27. The number of carbonyl (C=O) groups is 1. The Balaban J connectivity index is 1.46. The second-order valence-electron chi connectivity index (χ2n) is 6.18. The average Bonchev–Trinajstić information content (AvgIpc) is 2.61. The highest BCUT2D eigenvalue weighted by molar-refractivity contribution is 5.76. The lowest BCUT2D eigenvalue weighted by atomic mass is 10.0. The van der Waals surface area contributed by atoms with Gasteiger partial charge in [0.2, 0.25) is 11.9 Å². The van der Waals surface area contributed by atoms with Crippen molar-refractivity contribution in [2.75, 3.05) is 23.7 Å². The average molecular weight is 342 g/mol. The number of H-pyrrole nitrogens is 1. The molecule has 0 aliphatic carbocycles. The van der Waals surface area contributed by atoms with E-state index in [1.807, 2.05) is 17.0 Å². The number of hydrogen-bond acceptors (Lipinski definition) is 6.